The van der Waals surface area contributed by atoms with E-state index in [1.54, 1.807) is 12.4 Å². The van der Waals surface area contributed by atoms with Gasteiger partial charge in [0.05, 0.1) is 6.20 Å². The van der Waals surface area contributed by atoms with Crippen LogP contribution in [0.25, 0.3) is 5.52 Å². The van der Waals surface area contributed by atoms with E-state index in [-0.39, 0.29) is 0 Å². The van der Waals surface area contributed by atoms with Gasteiger partial charge in [0.15, 0.2) is 5.82 Å². The second-order valence-corrected chi connectivity index (χ2v) is 4.54. The third kappa shape index (κ3) is 2.15. The molecule has 86 valence electrons. The zero-order valence-corrected chi connectivity index (χ0v) is 10.0. The molecular formula is C12H18N4. The zero-order chi connectivity index (χ0) is 11.5. The van der Waals surface area contributed by atoms with E-state index >= 15 is 0 Å². The Hall–Kier alpha value is -1.58. The highest BCUT2D eigenvalue weighted by atomic mass is 15.2. The lowest BCUT2D eigenvalue weighted by atomic mass is 9.98. The van der Waals surface area contributed by atoms with Crippen molar-refractivity contribution in [3.05, 3.63) is 24.7 Å². The summed E-state index contributed by atoms with van der Waals surface area (Å²) in [6, 6.07) is 1.97. The maximum absolute atomic E-state index is 4.34. The minimum atomic E-state index is 0.630. The largest absolute Gasteiger partial charge is 0.368 e. The second-order valence-electron chi connectivity index (χ2n) is 4.54. The molecule has 1 atom stereocenters. The van der Waals surface area contributed by atoms with Crippen LogP contribution in [0, 0.1) is 11.8 Å². The Balaban J connectivity index is 2.12. The molecule has 0 fully saturated rings. The monoisotopic (exact) mass is 218 g/mol. The molecule has 1 N–H and O–H groups in total. The van der Waals surface area contributed by atoms with Crippen molar-refractivity contribution in [1.82, 2.24) is 14.6 Å². The van der Waals surface area contributed by atoms with E-state index in [0.29, 0.717) is 11.8 Å². The molecular weight excluding hydrogens is 200 g/mol. The molecule has 0 aromatic carbocycles. The fourth-order valence-electron chi connectivity index (χ4n) is 1.49. The fourth-order valence-corrected chi connectivity index (χ4v) is 1.49. The maximum atomic E-state index is 4.34. The van der Waals surface area contributed by atoms with Crippen molar-refractivity contribution in [2.24, 2.45) is 11.8 Å². The van der Waals surface area contributed by atoms with E-state index in [1.807, 2.05) is 16.8 Å². The highest BCUT2D eigenvalue weighted by Crippen LogP contribution is 2.15. The average Bonchev–Trinajstić information content (AvgIpc) is 2.73. The Labute approximate surface area is 95.7 Å². The predicted octanol–water partition coefficient (Wildman–Crippen LogP) is 2.43. The van der Waals surface area contributed by atoms with Crippen LogP contribution in [0.1, 0.15) is 20.8 Å². The molecule has 0 amide bonds. The smallest absolute Gasteiger partial charge is 0.152 e. The Morgan fingerprint density at radius 1 is 1.31 bits per heavy atom. The summed E-state index contributed by atoms with van der Waals surface area (Å²) >= 11 is 0. The van der Waals surface area contributed by atoms with Crippen molar-refractivity contribution in [2.75, 3.05) is 11.9 Å². The van der Waals surface area contributed by atoms with Gasteiger partial charge in [-0.05, 0) is 17.9 Å². The molecule has 0 spiro atoms. The van der Waals surface area contributed by atoms with Crippen molar-refractivity contribution >= 4 is 11.3 Å². The van der Waals surface area contributed by atoms with E-state index in [0.717, 1.165) is 17.9 Å². The van der Waals surface area contributed by atoms with E-state index < -0.39 is 0 Å². The van der Waals surface area contributed by atoms with Gasteiger partial charge in [0, 0.05) is 18.9 Å². The van der Waals surface area contributed by atoms with Crippen LogP contribution in [0.3, 0.4) is 0 Å². The molecule has 0 aliphatic carbocycles. The van der Waals surface area contributed by atoms with Gasteiger partial charge >= 0.3 is 0 Å². The average molecular weight is 218 g/mol. The fraction of sp³-hybridized carbons (Fsp3) is 0.500. The minimum Gasteiger partial charge on any atom is -0.368 e. The molecule has 0 saturated heterocycles. The van der Waals surface area contributed by atoms with Crippen molar-refractivity contribution in [3.63, 3.8) is 0 Å². The van der Waals surface area contributed by atoms with E-state index in [1.165, 1.54) is 0 Å². The predicted molar refractivity (Wildman–Crippen MR) is 65.5 cm³/mol. The Kier molecular flexibility index (Phi) is 3.08. The lowest BCUT2D eigenvalue weighted by Crippen LogP contribution is -2.17. The lowest BCUT2D eigenvalue weighted by Gasteiger charge is -2.16. The summed E-state index contributed by atoms with van der Waals surface area (Å²) in [6.45, 7) is 7.65. The second kappa shape index (κ2) is 4.51. The van der Waals surface area contributed by atoms with E-state index in [2.05, 4.69) is 36.2 Å². The number of anilines is 1. The van der Waals surface area contributed by atoms with Crippen molar-refractivity contribution in [2.45, 2.75) is 20.8 Å². The normalized spacial score (nSPS) is 13.2. The third-order valence-electron chi connectivity index (χ3n) is 3.05. The molecule has 0 radical (unpaired) electrons. The highest BCUT2D eigenvalue weighted by molar-refractivity contribution is 5.66. The van der Waals surface area contributed by atoms with E-state index in [9.17, 15) is 0 Å². The van der Waals surface area contributed by atoms with Crippen LogP contribution in [0.2, 0.25) is 0 Å². The first kappa shape index (κ1) is 10.9. The van der Waals surface area contributed by atoms with Crippen molar-refractivity contribution < 1.29 is 0 Å². The number of hydrogen-bond acceptors (Lipinski definition) is 3. The molecule has 2 rings (SSSR count). The van der Waals surface area contributed by atoms with Crippen LogP contribution >= 0.6 is 0 Å². The number of aromatic nitrogens is 3. The summed E-state index contributed by atoms with van der Waals surface area (Å²) < 4.78 is 1.83. The van der Waals surface area contributed by atoms with Crippen LogP contribution < -0.4 is 5.32 Å². The van der Waals surface area contributed by atoms with Gasteiger partial charge < -0.3 is 5.32 Å². The van der Waals surface area contributed by atoms with Crippen molar-refractivity contribution in [1.29, 1.82) is 0 Å². The summed E-state index contributed by atoms with van der Waals surface area (Å²) in [5, 5.41) is 7.56. The molecule has 2 aromatic heterocycles. The molecule has 16 heavy (non-hydrogen) atoms. The van der Waals surface area contributed by atoms with Crippen LogP contribution in [-0.4, -0.2) is 21.1 Å². The molecule has 4 nitrogen and oxygen atoms in total. The van der Waals surface area contributed by atoms with Crippen LogP contribution in [0.5, 0.6) is 0 Å². The van der Waals surface area contributed by atoms with Gasteiger partial charge in [0.2, 0.25) is 0 Å². The van der Waals surface area contributed by atoms with Crippen molar-refractivity contribution in [3.8, 4) is 0 Å². The molecule has 2 heterocycles. The summed E-state index contributed by atoms with van der Waals surface area (Å²) in [6.07, 6.45) is 5.41. The van der Waals surface area contributed by atoms with Gasteiger partial charge in [-0.3, -0.25) is 0 Å². The van der Waals surface area contributed by atoms with Gasteiger partial charge in [-0.1, -0.05) is 20.8 Å². The molecule has 0 aliphatic heterocycles. The summed E-state index contributed by atoms with van der Waals surface area (Å²) in [4.78, 5) is 4.34. The molecule has 2 aromatic rings. The van der Waals surface area contributed by atoms with Gasteiger partial charge in [-0.15, -0.1) is 0 Å². The Morgan fingerprint density at radius 3 is 2.88 bits per heavy atom. The number of nitrogens with zero attached hydrogens (tertiary/aromatic N) is 3. The Morgan fingerprint density at radius 2 is 2.12 bits per heavy atom. The zero-order valence-electron chi connectivity index (χ0n) is 10.0. The minimum absolute atomic E-state index is 0.630. The van der Waals surface area contributed by atoms with E-state index in [4.69, 9.17) is 0 Å². The number of hydrogen-bond donors (Lipinski definition) is 1. The standard InChI is InChI=1S/C12H18N4/c1-9(2)10(3)8-14-12-11-4-5-15-16(11)7-6-13-12/h4-7,9-10H,8H2,1-3H3,(H,13,14). The first-order valence-corrected chi connectivity index (χ1v) is 5.70. The summed E-state index contributed by atoms with van der Waals surface area (Å²) in [5.74, 6) is 2.22. The van der Waals surface area contributed by atoms with Gasteiger partial charge in [-0.2, -0.15) is 5.10 Å². The van der Waals surface area contributed by atoms with Gasteiger partial charge in [0.25, 0.3) is 0 Å². The van der Waals surface area contributed by atoms with Crippen LogP contribution in [-0.2, 0) is 0 Å². The first-order chi connectivity index (χ1) is 7.68. The summed E-state index contributed by atoms with van der Waals surface area (Å²) in [5.41, 5.74) is 1.03. The molecule has 0 aliphatic rings. The lowest BCUT2D eigenvalue weighted by molar-refractivity contribution is 0.439. The molecule has 1 unspecified atom stereocenters. The Bertz CT molecular complexity index is 461. The SMILES string of the molecule is CC(C)C(C)CNc1nccn2nccc12. The highest BCUT2D eigenvalue weighted by Gasteiger charge is 2.08. The van der Waals surface area contributed by atoms with Crippen LogP contribution in [0.4, 0.5) is 5.82 Å². The third-order valence-corrected chi connectivity index (χ3v) is 3.05. The summed E-state index contributed by atoms with van der Waals surface area (Å²) in [7, 11) is 0. The number of fused-ring (bicyclic) bond motifs is 1. The molecule has 0 bridgehead atoms. The van der Waals surface area contributed by atoms with Gasteiger partial charge in [0.1, 0.15) is 5.52 Å². The quantitative estimate of drug-likeness (QED) is 0.857. The van der Waals surface area contributed by atoms with Gasteiger partial charge in [-0.25, -0.2) is 9.50 Å². The van der Waals surface area contributed by atoms with Crippen LogP contribution in [0.15, 0.2) is 24.7 Å². The topological polar surface area (TPSA) is 42.2 Å². The molecule has 0 saturated carbocycles. The number of nitrogens with one attached hydrogen (secondary N) is 1. The first-order valence-electron chi connectivity index (χ1n) is 5.70. The molecule has 4 heteroatoms. The maximum Gasteiger partial charge on any atom is 0.152 e. The number of rotatable bonds is 4.